The molecule has 0 aliphatic carbocycles. The summed E-state index contributed by atoms with van der Waals surface area (Å²) in [6.07, 6.45) is 1.22. The van der Waals surface area contributed by atoms with Gasteiger partial charge in [0.2, 0.25) is 11.8 Å². The van der Waals surface area contributed by atoms with E-state index in [4.69, 9.17) is 10.6 Å². The van der Waals surface area contributed by atoms with E-state index in [0.717, 1.165) is 0 Å². The molecule has 0 bridgehead atoms. The van der Waals surface area contributed by atoms with Crippen molar-refractivity contribution in [3.8, 4) is 0 Å². The lowest BCUT2D eigenvalue weighted by atomic mass is 10.3. The summed E-state index contributed by atoms with van der Waals surface area (Å²) >= 11 is 0. The Morgan fingerprint density at radius 3 is 2.74 bits per heavy atom. The van der Waals surface area contributed by atoms with Gasteiger partial charge in [0.1, 0.15) is 6.33 Å². The van der Waals surface area contributed by atoms with E-state index in [0.29, 0.717) is 5.69 Å². The number of aromatic nitrogens is 3. The molecule has 98 valence electrons. The maximum Gasteiger partial charge on any atom is 0.376 e. The average molecular weight is 259 g/mol. The predicted octanol–water partition coefficient (Wildman–Crippen LogP) is 1.06. The molecule has 19 heavy (non-hydrogen) atoms. The first kappa shape index (κ1) is 12.9. The smallest absolute Gasteiger partial charge is 0.376 e. The molecule has 1 aromatic heterocycles. The van der Waals surface area contributed by atoms with Crippen LogP contribution in [0.25, 0.3) is 0 Å². The summed E-state index contributed by atoms with van der Waals surface area (Å²) in [5, 5.41) is 1.27. The second kappa shape index (κ2) is 5.87. The zero-order valence-corrected chi connectivity index (χ0v) is 10.4. The van der Waals surface area contributed by atoms with E-state index in [1.807, 2.05) is 18.2 Å². The second-order valence-electron chi connectivity index (χ2n) is 3.54. The molecule has 2 N–H and O–H groups in total. The standard InChI is InChI=1S/C12H13N5O2/c1-2-19-11(18)10-14-8-15-12(16-10)17(13)9-6-4-3-5-7-9/h3-8H,2,13H2,1H3. The van der Waals surface area contributed by atoms with Crippen molar-refractivity contribution in [2.24, 2.45) is 5.84 Å². The minimum Gasteiger partial charge on any atom is -0.460 e. The number of anilines is 2. The number of nitrogens with two attached hydrogens (primary N) is 1. The first-order chi connectivity index (χ1) is 9.22. The summed E-state index contributed by atoms with van der Waals surface area (Å²) in [6, 6.07) is 9.14. The van der Waals surface area contributed by atoms with Crippen LogP contribution >= 0.6 is 0 Å². The Balaban J connectivity index is 2.26. The van der Waals surface area contributed by atoms with Crippen molar-refractivity contribution in [1.82, 2.24) is 15.0 Å². The molecule has 1 heterocycles. The van der Waals surface area contributed by atoms with Crippen LogP contribution in [0.5, 0.6) is 0 Å². The van der Waals surface area contributed by atoms with E-state index in [2.05, 4.69) is 15.0 Å². The first-order valence-corrected chi connectivity index (χ1v) is 5.68. The number of hydrazine groups is 1. The summed E-state index contributed by atoms with van der Waals surface area (Å²) in [4.78, 5) is 23.2. The largest absolute Gasteiger partial charge is 0.460 e. The molecular formula is C12H13N5O2. The Labute approximate surface area is 110 Å². The average Bonchev–Trinajstić information content (AvgIpc) is 2.48. The minimum atomic E-state index is -0.604. The van der Waals surface area contributed by atoms with Crippen molar-refractivity contribution >= 4 is 17.6 Å². The van der Waals surface area contributed by atoms with Gasteiger partial charge in [-0.05, 0) is 19.1 Å². The fourth-order valence-electron chi connectivity index (χ4n) is 1.40. The summed E-state index contributed by atoms with van der Waals surface area (Å²) in [5.41, 5.74) is 0.698. The third-order valence-corrected chi connectivity index (χ3v) is 2.27. The molecule has 0 amide bonds. The molecule has 0 fully saturated rings. The van der Waals surface area contributed by atoms with E-state index in [-0.39, 0.29) is 18.4 Å². The number of carbonyl (C=O) groups excluding carboxylic acids is 1. The fraction of sp³-hybridized carbons (Fsp3) is 0.167. The van der Waals surface area contributed by atoms with Gasteiger partial charge in [-0.3, -0.25) is 0 Å². The fourth-order valence-corrected chi connectivity index (χ4v) is 1.40. The topological polar surface area (TPSA) is 94.2 Å². The highest BCUT2D eigenvalue weighted by Gasteiger charge is 2.14. The number of para-hydroxylation sites is 1. The van der Waals surface area contributed by atoms with E-state index in [9.17, 15) is 4.79 Å². The van der Waals surface area contributed by atoms with Gasteiger partial charge in [-0.2, -0.15) is 9.97 Å². The number of nitrogens with zero attached hydrogens (tertiary/aromatic N) is 4. The molecule has 7 nitrogen and oxygen atoms in total. The normalized spacial score (nSPS) is 10.0. The highest BCUT2D eigenvalue weighted by atomic mass is 16.5. The van der Waals surface area contributed by atoms with Crippen LogP contribution in [0.4, 0.5) is 11.6 Å². The lowest BCUT2D eigenvalue weighted by Crippen LogP contribution is -2.28. The monoisotopic (exact) mass is 259 g/mol. The Hall–Kier alpha value is -2.54. The highest BCUT2D eigenvalue weighted by molar-refractivity contribution is 5.85. The second-order valence-corrected chi connectivity index (χ2v) is 3.54. The van der Waals surface area contributed by atoms with Crippen molar-refractivity contribution in [1.29, 1.82) is 0 Å². The highest BCUT2D eigenvalue weighted by Crippen LogP contribution is 2.16. The van der Waals surface area contributed by atoms with Crippen LogP contribution in [0.15, 0.2) is 36.7 Å². The molecule has 1 aromatic carbocycles. The summed E-state index contributed by atoms with van der Waals surface area (Å²) in [6.45, 7) is 1.96. The number of hydrogen-bond acceptors (Lipinski definition) is 7. The van der Waals surface area contributed by atoms with Gasteiger partial charge in [-0.15, -0.1) is 0 Å². The third kappa shape index (κ3) is 3.02. The van der Waals surface area contributed by atoms with Crippen molar-refractivity contribution in [2.75, 3.05) is 11.6 Å². The molecule has 0 aliphatic heterocycles. The van der Waals surface area contributed by atoms with Crippen LogP contribution < -0.4 is 10.9 Å². The number of carbonyl (C=O) groups is 1. The van der Waals surface area contributed by atoms with Crippen molar-refractivity contribution in [2.45, 2.75) is 6.92 Å². The van der Waals surface area contributed by atoms with E-state index >= 15 is 0 Å². The van der Waals surface area contributed by atoms with Crippen LogP contribution in [-0.4, -0.2) is 27.5 Å². The maximum atomic E-state index is 11.5. The summed E-state index contributed by atoms with van der Waals surface area (Å²) in [7, 11) is 0. The molecule has 0 spiro atoms. The number of benzene rings is 1. The van der Waals surface area contributed by atoms with Crippen LogP contribution in [-0.2, 0) is 4.74 Å². The quantitative estimate of drug-likeness (QED) is 0.498. The van der Waals surface area contributed by atoms with E-state index in [1.54, 1.807) is 19.1 Å². The predicted molar refractivity (Wildman–Crippen MR) is 68.6 cm³/mol. The van der Waals surface area contributed by atoms with Gasteiger partial charge in [0.15, 0.2) is 0 Å². The van der Waals surface area contributed by atoms with Gasteiger partial charge in [0, 0.05) is 0 Å². The Morgan fingerprint density at radius 1 is 1.32 bits per heavy atom. The van der Waals surface area contributed by atoms with Crippen molar-refractivity contribution in [3.05, 3.63) is 42.5 Å². The molecule has 0 aliphatic rings. The molecule has 2 aromatic rings. The number of rotatable bonds is 4. The molecule has 0 radical (unpaired) electrons. The summed E-state index contributed by atoms with van der Waals surface area (Å²) < 4.78 is 4.82. The van der Waals surface area contributed by atoms with Crippen LogP contribution in [0, 0.1) is 0 Å². The first-order valence-electron chi connectivity index (χ1n) is 5.68. The minimum absolute atomic E-state index is 0.0711. The maximum absolute atomic E-state index is 11.5. The molecule has 2 rings (SSSR count). The van der Waals surface area contributed by atoms with E-state index in [1.165, 1.54) is 11.3 Å². The van der Waals surface area contributed by atoms with Gasteiger partial charge in [-0.25, -0.2) is 20.6 Å². The molecule has 0 saturated heterocycles. The molecular weight excluding hydrogens is 246 g/mol. The lowest BCUT2D eigenvalue weighted by molar-refractivity contribution is 0.0511. The van der Waals surface area contributed by atoms with Crippen LogP contribution in [0.2, 0.25) is 0 Å². The van der Waals surface area contributed by atoms with E-state index < -0.39 is 5.97 Å². The Bertz CT molecular complexity index is 561. The SMILES string of the molecule is CCOC(=O)c1ncnc(N(N)c2ccccc2)n1. The number of esters is 1. The summed E-state index contributed by atoms with van der Waals surface area (Å²) in [5.74, 6) is 5.38. The lowest BCUT2D eigenvalue weighted by Gasteiger charge is -2.15. The third-order valence-electron chi connectivity index (χ3n) is 2.27. The van der Waals surface area contributed by atoms with Crippen molar-refractivity contribution < 1.29 is 9.53 Å². The van der Waals surface area contributed by atoms with Gasteiger partial charge < -0.3 is 4.74 Å². The number of ether oxygens (including phenoxy) is 1. The van der Waals surface area contributed by atoms with Gasteiger partial charge >= 0.3 is 5.97 Å². The van der Waals surface area contributed by atoms with Gasteiger partial charge in [-0.1, -0.05) is 18.2 Å². The zero-order chi connectivity index (χ0) is 13.7. The molecule has 7 heteroatoms. The zero-order valence-electron chi connectivity index (χ0n) is 10.4. The molecule has 0 unspecified atom stereocenters. The Morgan fingerprint density at radius 2 is 2.05 bits per heavy atom. The van der Waals surface area contributed by atoms with Gasteiger partial charge in [0.25, 0.3) is 0 Å². The Kier molecular flexibility index (Phi) is 3.99. The molecule has 0 saturated carbocycles. The van der Waals surface area contributed by atoms with Crippen molar-refractivity contribution in [3.63, 3.8) is 0 Å². The van der Waals surface area contributed by atoms with Crippen LogP contribution in [0.3, 0.4) is 0 Å². The van der Waals surface area contributed by atoms with Crippen LogP contribution in [0.1, 0.15) is 17.5 Å². The number of hydrogen-bond donors (Lipinski definition) is 1. The molecule has 0 atom stereocenters. The van der Waals surface area contributed by atoms with Gasteiger partial charge in [0.05, 0.1) is 12.3 Å².